The first-order valence-corrected chi connectivity index (χ1v) is 10.6. The van der Waals surface area contributed by atoms with E-state index in [1.165, 1.54) is 34.9 Å². The molecule has 2 aromatic rings. The summed E-state index contributed by atoms with van der Waals surface area (Å²) in [4.78, 5) is 33.0. The van der Waals surface area contributed by atoms with Crippen molar-refractivity contribution in [3.05, 3.63) is 51.8 Å². The summed E-state index contributed by atoms with van der Waals surface area (Å²) in [6.07, 6.45) is -4.19. The highest BCUT2D eigenvalue weighted by atomic mass is 19.4. The zero-order valence-electron chi connectivity index (χ0n) is 17.5. The zero-order chi connectivity index (χ0) is 23.3. The molecule has 1 aromatic carbocycles. The number of Topliss-reactive ketones (excluding diaryl/α,β-unsaturated/α-hetero) is 1. The normalized spacial score (nSPS) is 24.0. The molecule has 4 heterocycles. The summed E-state index contributed by atoms with van der Waals surface area (Å²) in [6, 6.07) is 7.12. The van der Waals surface area contributed by atoms with Crippen LogP contribution in [0, 0.1) is 11.3 Å². The lowest BCUT2D eigenvalue weighted by Gasteiger charge is -2.39. The molecular formula is C22H20F3N5O3. The molecule has 3 aliphatic heterocycles. The standard InChI is InChI=1S/C22H20F3N5O3/c23-22(24,25)18-4-5-28-20(32)8-19(29-10-16-7-15(29)12-33-16)27-21(28)30(18)11-17(31)14-3-1-2-13(6-14)9-26/h1-3,6,8,15-16,18H,4-5,7,10-12H2/t15-,16+,18?/m0/s1. The molecule has 2 bridgehead atoms. The summed E-state index contributed by atoms with van der Waals surface area (Å²) in [5.41, 5.74) is -0.0990. The molecule has 33 heavy (non-hydrogen) atoms. The number of benzene rings is 1. The van der Waals surface area contributed by atoms with Crippen LogP contribution in [-0.4, -0.2) is 59.4 Å². The molecule has 11 heteroatoms. The number of carbonyl (C=O) groups is 1. The zero-order valence-corrected chi connectivity index (χ0v) is 17.5. The molecule has 3 aliphatic rings. The van der Waals surface area contributed by atoms with Crippen LogP contribution in [0.2, 0.25) is 0 Å². The van der Waals surface area contributed by atoms with Gasteiger partial charge in [-0.25, -0.2) is 0 Å². The van der Waals surface area contributed by atoms with E-state index in [1.807, 2.05) is 11.0 Å². The van der Waals surface area contributed by atoms with Gasteiger partial charge in [0, 0.05) is 24.7 Å². The smallest absolute Gasteiger partial charge is 0.374 e. The Balaban J connectivity index is 1.54. The van der Waals surface area contributed by atoms with Gasteiger partial charge in [-0.3, -0.25) is 14.2 Å². The minimum Gasteiger partial charge on any atom is -0.374 e. The minimum atomic E-state index is -4.62. The Bertz CT molecular complexity index is 1200. The van der Waals surface area contributed by atoms with Gasteiger partial charge in [-0.2, -0.15) is 23.4 Å². The fourth-order valence-electron chi connectivity index (χ4n) is 4.81. The van der Waals surface area contributed by atoms with E-state index in [0.717, 1.165) is 11.3 Å². The number of morpholine rings is 1. The maximum absolute atomic E-state index is 13.9. The van der Waals surface area contributed by atoms with Gasteiger partial charge in [0.1, 0.15) is 11.9 Å². The molecule has 3 atom stereocenters. The Kier molecular flexibility index (Phi) is 5.12. The van der Waals surface area contributed by atoms with Crippen molar-refractivity contribution in [2.75, 3.05) is 29.5 Å². The van der Waals surface area contributed by atoms with Gasteiger partial charge < -0.3 is 14.5 Å². The SMILES string of the molecule is N#Cc1cccc(C(=O)CN2c3nc(N4C[C@H]5C[C@H]4CO5)cc(=O)n3CCC2C(F)(F)F)c1. The fraction of sp³-hybridized carbons (Fsp3) is 0.455. The highest BCUT2D eigenvalue weighted by Crippen LogP contribution is 2.36. The van der Waals surface area contributed by atoms with E-state index in [4.69, 9.17) is 10.00 Å². The molecule has 0 N–H and O–H groups in total. The first kappa shape index (κ1) is 21.5. The van der Waals surface area contributed by atoms with E-state index in [0.29, 0.717) is 19.0 Å². The first-order chi connectivity index (χ1) is 15.7. The molecule has 172 valence electrons. The molecule has 5 rings (SSSR count). The molecule has 1 unspecified atom stereocenters. The summed E-state index contributed by atoms with van der Waals surface area (Å²) in [5, 5.41) is 9.07. The molecule has 2 saturated heterocycles. The van der Waals surface area contributed by atoms with Crippen LogP contribution in [0.25, 0.3) is 0 Å². The molecule has 0 spiro atoms. The highest BCUT2D eigenvalue weighted by Gasteiger charge is 2.48. The van der Waals surface area contributed by atoms with E-state index in [9.17, 15) is 22.8 Å². The molecular weight excluding hydrogens is 439 g/mol. The highest BCUT2D eigenvalue weighted by molar-refractivity contribution is 5.99. The predicted octanol–water partition coefficient (Wildman–Crippen LogP) is 2.12. The van der Waals surface area contributed by atoms with Crippen molar-refractivity contribution in [1.29, 1.82) is 5.26 Å². The Labute approximate surface area is 186 Å². The van der Waals surface area contributed by atoms with Crippen molar-refractivity contribution in [1.82, 2.24) is 9.55 Å². The lowest BCUT2D eigenvalue weighted by atomic mass is 10.0. The van der Waals surface area contributed by atoms with Crippen molar-refractivity contribution in [2.45, 2.75) is 43.8 Å². The number of alkyl halides is 3. The van der Waals surface area contributed by atoms with Gasteiger partial charge in [-0.15, -0.1) is 0 Å². The number of halogens is 3. The third kappa shape index (κ3) is 3.84. The average Bonchev–Trinajstić information content (AvgIpc) is 3.42. The third-order valence-electron chi connectivity index (χ3n) is 6.43. The number of hydrogen-bond acceptors (Lipinski definition) is 7. The van der Waals surface area contributed by atoms with Gasteiger partial charge in [-0.05, 0) is 25.0 Å². The number of rotatable bonds is 4. The number of aromatic nitrogens is 2. The maximum Gasteiger partial charge on any atom is 0.408 e. The Morgan fingerprint density at radius 2 is 2.12 bits per heavy atom. The Morgan fingerprint density at radius 3 is 2.79 bits per heavy atom. The summed E-state index contributed by atoms with van der Waals surface area (Å²) >= 11 is 0. The van der Waals surface area contributed by atoms with E-state index < -0.39 is 30.1 Å². The van der Waals surface area contributed by atoms with Crippen molar-refractivity contribution in [3.63, 3.8) is 0 Å². The quantitative estimate of drug-likeness (QED) is 0.647. The van der Waals surface area contributed by atoms with Gasteiger partial charge in [0.25, 0.3) is 5.56 Å². The van der Waals surface area contributed by atoms with Crippen LogP contribution in [0.3, 0.4) is 0 Å². The molecule has 0 aliphatic carbocycles. The number of carbonyl (C=O) groups excluding carboxylic acids is 1. The van der Waals surface area contributed by atoms with Gasteiger partial charge in [0.15, 0.2) is 5.78 Å². The van der Waals surface area contributed by atoms with Crippen LogP contribution in [0.5, 0.6) is 0 Å². The van der Waals surface area contributed by atoms with E-state index in [-0.39, 0.29) is 42.2 Å². The van der Waals surface area contributed by atoms with Crippen molar-refractivity contribution in [2.24, 2.45) is 0 Å². The number of nitriles is 1. The number of nitrogens with zero attached hydrogens (tertiary/aromatic N) is 5. The summed E-state index contributed by atoms with van der Waals surface area (Å²) in [5.74, 6) is -0.462. The molecule has 1 aromatic heterocycles. The second-order valence-electron chi connectivity index (χ2n) is 8.49. The second kappa shape index (κ2) is 7.88. The lowest BCUT2D eigenvalue weighted by Crippen LogP contribution is -2.54. The van der Waals surface area contributed by atoms with Crippen LogP contribution in [0.4, 0.5) is 24.9 Å². The number of ketones is 1. The number of ether oxygens (including phenoxy) is 1. The van der Waals surface area contributed by atoms with Crippen LogP contribution < -0.4 is 15.4 Å². The van der Waals surface area contributed by atoms with Gasteiger partial charge >= 0.3 is 6.18 Å². The first-order valence-electron chi connectivity index (χ1n) is 10.6. The summed E-state index contributed by atoms with van der Waals surface area (Å²) < 4.78 is 48.6. The Morgan fingerprint density at radius 1 is 1.30 bits per heavy atom. The molecule has 8 nitrogen and oxygen atoms in total. The molecule has 2 fully saturated rings. The third-order valence-corrected chi connectivity index (χ3v) is 6.43. The van der Waals surface area contributed by atoms with Crippen molar-refractivity contribution in [3.8, 4) is 6.07 Å². The van der Waals surface area contributed by atoms with Crippen molar-refractivity contribution < 1.29 is 22.7 Å². The molecule has 0 radical (unpaired) electrons. The number of anilines is 2. The average molecular weight is 459 g/mol. The van der Waals surface area contributed by atoms with E-state index in [2.05, 4.69) is 4.98 Å². The maximum atomic E-state index is 13.9. The lowest BCUT2D eigenvalue weighted by molar-refractivity contribution is -0.152. The number of fused-ring (bicyclic) bond motifs is 3. The monoisotopic (exact) mass is 459 g/mol. The Hall–Kier alpha value is -3.39. The minimum absolute atomic E-state index is 0.0172. The van der Waals surface area contributed by atoms with Gasteiger partial charge in [0.2, 0.25) is 5.95 Å². The van der Waals surface area contributed by atoms with Crippen LogP contribution >= 0.6 is 0 Å². The van der Waals surface area contributed by atoms with Crippen molar-refractivity contribution >= 4 is 17.5 Å². The van der Waals surface area contributed by atoms with E-state index >= 15 is 0 Å². The van der Waals surface area contributed by atoms with Crippen LogP contribution in [-0.2, 0) is 11.3 Å². The summed E-state index contributed by atoms with van der Waals surface area (Å²) in [6.45, 7) is 0.232. The van der Waals surface area contributed by atoms with E-state index in [1.54, 1.807) is 0 Å². The molecule has 0 amide bonds. The second-order valence-corrected chi connectivity index (χ2v) is 8.49. The van der Waals surface area contributed by atoms with Gasteiger partial charge in [0.05, 0.1) is 36.9 Å². The summed E-state index contributed by atoms with van der Waals surface area (Å²) in [7, 11) is 0. The predicted molar refractivity (Wildman–Crippen MR) is 111 cm³/mol. The van der Waals surface area contributed by atoms with Crippen LogP contribution in [0.1, 0.15) is 28.8 Å². The van der Waals surface area contributed by atoms with Crippen LogP contribution in [0.15, 0.2) is 35.1 Å². The fourth-order valence-corrected chi connectivity index (χ4v) is 4.81. The van der Waals surface area contributed by atoms with Gasteiger partial charge in [-0.1, -0.05) is 12.1 Å². The topological polar surface area (TPSA) is 91.5 Å². The largest absolute Gasteiger partial charge is 0.408 e. The number of hydrogen-bond donors (Lipinski definition) is 0. The molecule has 0 saturated carbocycles.